The van der Waals surface area contributed by atoms with E-state index in [1.807, 2.05) is 36.4 Å². The lowest BCUT2D eigenvalue weighted by Crippen LogP contribution is -2.26. The van der Waals surface area contributed by atoms with Crippen LogP contribution in [0, 0.1) is 0 Å². The van der Waals surface area contributed by atoms with Gasteiger partial charge in [0, 0.05) is 12.1 Å². The minimum Gasteiger partial charge on any atom is -0.350 e. The third kappa shape index (κ3) is 4.25. The number of hydrogen-bond donors (Lipinski definition) is 1. The van der Waals surface area contributed by atoms with Gasteiger partial charge in [0.05, 0.1) is 5.69 Å². The number of aromatic nitrogens is 2. The van der Waals surface area contributed by atoms with E-state index in [1.165, 1.54) is 31.3 Å². The van der Waals surface area contributed by atoms with Gasteiger partial charge in [-0.1, -0.05) is 42.0 Å². The fourth-order valence-corrected chi connectivity index (χ4v) is 2.78. The molecule has 118 valence electrons. The van der Waals surface area contributed by atoms with Crippen molar-refractivity contribution in [3.8, 4) is 11.3 Å². The zero-order valence-corrected chi connectivity index (χ0v) is 13.2. The van der Waals surface area contributed by atoms with E-state index in [9.17, 15) is 4.79 Å². The number of nitrogens with zero attached hydrogens (tertiary/aromatic N) is 2. The number of benzene rings is 1. The fraction of sp³-hybridized carbons (Fsp3) is 0.316. The van der Waals surface area contributed by atoms with E-state index in [1.54, 1.807) is 6.07 Å². The Kier molecular flexibility index (Phi) is 5.14. The van der Waals surface area contributed by atoms with Crippen LogP contribution in [0.25, 0.3) is 11.3 Å². The first kappa shape index (κ1) is 15.4. The molecular weight excluding hydrogens is 286 g/mol. The average Bonchev–Trinajstić information content (AvgIpc) is 2.63. The van der Waals surface area contributed by atoms with Gasteiger partial charge < -0.3 is 5.32 Å². The molecule has 0 unspecified atom stereocenters. The molecule has 0 bridgehead atoms. The lowest BCUT2D eigenvalue weighted by Gasteiger charge is -2.12. The number of rotatable bonds is 5. The van der Waals surface area contributed by atoms with Crippen molar-refractivity contribution in [2.75, 3.05) is 6.54 Å². The third-order valence-electron chi connectivity index (χ3n) is 4.08. The quantitative estimate of drug-likeness (QED) is 0.856. The van der Waals surface area contributed by atoms with Crippen molar-refractivity contribution >= 4 is 5.91 Å². The molecule has 1 aromatic heterocycles. The molecule has 0 aliphatic heterocycles. The largest absolute Gasteiger partial charge is 0.350 e. The lowest BCUT2D eigenvalue weighted by atomic mass is 9.97. The number of allylic oxidation sites excluding steroid dienone is 1. The zero-order valence-electron chi connectivity index (χ0n) is 13.2. The first-order chi connectivity index (χ1) is 11.3. The monoisotopic (exact) mass is 307 g/mol. The van der Waals surface area contributed by atoms with Gasteiger partial charge in [-0.2, -0.15) is 0 Å². The van der Waals surface area contributed by atoms with Crippen LogP contribution in [0.3, 0.4) is 0 Å². The van der Waals surface area contributed by atoms with E-state index < -0.39 is 0 Å². The predicted octanol–water partition coefficient (Wildman–Crippen LogP) is 3.76. The summed E-state index contributed by atoms with van der Waals surface area (Å²) in [5, 5.41) is 11.1. The molecule has 0 fully saturated rings. The molecule has 0 spiro atoms. The molecule has 4 nitrogen and oxygen atoms in total. The Balaban J connectivity index is 1.54. The van der Waals surface area contributed by atoms with Gasteiger partial charge in [0.1, 0.15) is 0 Å². The summed E-state index contributed by atoms with van der Waals surface area (Å²) in [6, 6.07) is 13.4. The van der Waals surface area contributed by atoms with Gasteiger partial charge in [-0.15, -0.1) is 10.2 Å². The standard InChI is InChI=1S/C19H21N3O/c23-19(20-14-13-15-7-3-1-4-8-15)18-12-11-17(21-22-18)16-9-5-2-6-10-16/h2,5-7,9-12H,1,3-4,8,13-14H2,(H,20,23). The minimum absolute atomic E-state index is 0.159. The number of nitrogens with one attached hydrogen (secondary N) is 1. The van der Waals surface area contributed by atoms with Gasteiger partial charge in [-0.25, -0.2) is 0 Å². The Morgan fingerprint density at radius 1 is 1.04 bits per heavy atom. The van der Waals surface area contributed by atoms with E-state index in [-0.39, 0.29) is 5.91 Å². The van der Waals surface area contributed by atoms with Crippen LogP contribution in [0.1, 0.15) is 42.6 Å². The third-order valence-corrected chi connectivity index (χ3v) is 4.08. The molecule has 1 amide bonds. The van der Waals surface area contributed by atoms with Crippen LogP contribution in [0.4, 0.5) is 0 Å². The SMILES string of the molecule is O=C(NCCC1=CCCCC1)c1ccc(-c2ccccc2)nn1. The highest BCUT2D eigenvalue weighted by atomic mass is 16.1. The van der Waals surface area contributed by atoms with Crippen molar-refractivity contribution in [2.24, 2.45) is 0 Å². The van der Waals surface area contributed by atoms with Crippen molar-refractivity contribution < 1.29 is 4.79 Å². The molecule has 23 heavy (non-hydrogen) atoms. The summed E-state index contributed by atoms with van der Waals surface area (Å²) in [6.45, 7) is 0.660. The van der Waals surface area contributed by atoms with Gasteiger partial charge in [0.25, 0.3) is 5.91 Å². The van der Waals surface area contributed by atoms with Gasteiger partial charge in [0.2, 0.25) is 0 Å². The topological polar surface area (TPSA) is 54.9 Å². The van der Waals surface area contributed by atoms with Crippen molar-refractivity contribution in [1.82, 2.24) is 15.5 Å². The van der Waals surface area contributed by atoms with E-state index >= 15 is 0 Å². The molecule has 0 saturated carbocycles. The number of hydrogen-bond acceptors (Lipinski definition) is 3. The number of amides is 1. The molecular formula is C19H21N3O. The molecule has 0 atom stereocenters. The van der Waals surface area contributed by atoms with Crippen molar-refractivity contribution in [3.05, 3.63) is 59.8 Å². The maximum absolute atomic E-state index is 12.1. The highest BCUT2D eigenvalue weighted by molar-refractivity contribution is 5.92. The first-order valence-corrected chi connectivity index (χ1v) is 8.18. The Labute approximate surface area is 136 Å². The summed E-state index contributed by atoms with van der Waals surface area (Å²) in [7, 11) is 0. The van der Waals surface area contributed by atoms with Crippen molar-refractivity contribution in [3.63, 3.8) is 0 Å². The Bertz CT molecular complexity index is 678. The van der Waals surface area contributed by atoms with Crippen LogP contribution in [0.15, 0.2) is 54.1 Å². The van der Waals surface area contributed by atoms with Crippen molar-refractivity contribution in [2.45, 2.75) is 32.1 Å². The maximum Gasteiger partial charge on any atom is 0.271 e. The molecule has 2 aromatic rings. The second kappa shape index (κ2) is 7.68. The second-order valence-corrected chi connectivity index (χ2v) is 5.78. The molecule has 0 radical (unpaired) electrons. The second-order valence-electron chi connectivity index (χ2n) is 5.78. The Morgan fingerprint density at radius 2 is 1.91 bits per heavy atom. The summed E-state index contributed by atoms with van der Waals surface area (Å²) >= 11 is 0. The molecule has 4 heteroatoms. The van der Waals surface area contributed by atoms with E-state index in [4.69, 9.17) is 0 Å². The van der Waals surface area contributed by atoms with Gasteiger partial charge in [0.15, 0.2) is 5.69 Å². The van der Waals surface area contributed by atoms with Gasteiger partial charge >= 0.3 is 0 Å². The summed E-state index contributed by atoms with van der Waals surface area (Å²) in [5.74, 6) is -0.159. The zero-order chi connectivity index (χ0) is 15.9. The number of carbonyl (C=O) groups is 1. The van der Waals surface area contributed by atoms with Crippen LogP contribution < -0.4 is 5.32 Å². The van der Waals surface area contributed by atoms with Gasteiger partial charge in [-0.05, 0) is 44.2 Å². The summed E-state index contributed by atoms with van der Waals surface area (Å²) < 4.78 is 0. The van der Waals surface area contributed by atoms with E-state index in [0.717, 1.165) is 17.7 Å². The minimum atomic E-state index is -0.159. The first-order valence-electron chi connectivity index (χ1n) is 8.18. The fourth-order valence-electron chi connectivity index (χ4n) is 2.78. The van der Waals surface area contributed by atoms with E-state index in [0.29, 0.717) is 12.2 Å². The van der Waals surface area contributed by atoms with Crippen LogP contribution >= 0.6 is 0 Å². The molecule has 3 rings (SSSR count). The summed E-state index contributed by atoms with van der Waals surface area (Å²) in [6.07, 6.45) is 8.15. The van der Waals surface area contributed by atoms with Gasteiger partial charge in [-0.3, -0.25) is 4.79 Å². The van der Waals surface area contributed by atoms with Crippen LogP contribution in [-0.4, -0.2) is 22.6 Å². The average molecular weight is 307 g/mol. The highest BCUT2D eigenvalue weighted by Gasteiger charge is 2.09. The maximum atomic E-state index is 12.1. The van der Waals surface area contributed by atoms with Crippen LogP contribution in [0.5, 0.6) is 0 Å². The predicted molar refractivity (Wildman–Crippen MR) is 91.0 cm³/mol. The van der Waals surface area contributed by atoms with Crippen LogP contribution in [0.2, 0.25) is 0 Å². The van der Waals surface area contributed by atoms with E-state index in [2.05, 4.69) is 21.6 Å². The van der Waals surface area contributed by atoms with Crippen LogP contribution in [-0.2, 0) is 0 Å². The summed E-state index contributed by atoms with van der Waals surface area (Å²) in [5.41, 5.74) is 3.59. The summed E-state index contributed by atoms with van der Waals surface area (Å²) in [4.78, 5) is 12.1. The molecule has 1 aromatic carbocycles. The number of carbonyl (C=O) groups excluding carboxylic acids is 1. The lowest BCUT2D eigenvalue weighted by molar-refractivity contribution is 0.0948. The highest BCUT2D eigenvalue weighted by Crippen LogP contribution is 2.19. The Hall–Kier alpha value is -2.49. The smallest absolute Gasteiger partial charge is 0.271 e. The molecule has 1 aliphatic rings. The Morgan fingerprint density at radius 3 is 2.61 bits per heavy atom. The normalized spacial score (nSPS) is 14.2. The molecule has 1 N–H and O–H groups in total. The molecule has 1 heterocycles. The molecule has 1 aliphatic carbocycles. The molecule has 0 saturated heterocycles. The van der Waals surface area contributed by atoms with Crippen molar-refractivity contribution in [1.29, 1.82) is 0 Å².